The molecule has 0 aliphatic heterocycles. The predicted molar refractivity (Wildman–Crippen MR) is 63.3 cm³/mol. The molecule has 0 atom stereocenters. The number of furan rings is 1. The van der Waals surface area contributed by atoms with E-state index in [1.54, 1.807) is 12.1 Å². The summed E-state index contributed by atoms with van der Waals surface area (Å²) in [5.41, 5.74) is 0.977. The largest absolute Gasteiger partial charge is 0.442 e. The van der Waals surface area contributed by atoms with Crippen LogP contribution in [0, 0.1) is 13.8 Å². The Kier molecular flexibility index (Phi) is 3.12. The standard InChI is InChI=1S/C11H10ClNO2S/c1-6-7(2)16-11(13-6)5-8(14)9-3-4-10(12)15-9/h3-4H,5H2,1-2H3. The molecule has 2 heterocycles. The minimum atomic E-state index is -0.0966. The molecular weight excluding hydrogens is 246 g/mol. The average Bonchev–Trinajstić information content (AvgIpc) is 2.75. The number of thiazole rings is 1. The van der Waals surface area contributed by atoms with Crippen LogP contribution in [0.2, 0.25) is 5.22 Å². The molecule has 0 unspecified atom stereocenters. The van der Waals surface area contributed by atoms with Crippen molar-refractivity contribution in [3.8, 4) is 0 Å². The van der Waals surface area contributed by atoms with E-state index in [1.165, 1.54) is 11.3 Å². The van der Waals surface area contributed by atoms with Crippen molar-refractivity contribution in [1.82, 2.24) is 4.98 Å². The first-order chi connectivity index (χ1) is 7.56. The maximum Gasteiger partial charge on any atom is 0.204 e. The Morgan fingerprint density at radius 1 is 1.50 bits per heavy atom. The number of halogens is 1. The summed E-state index contributed by atoms with van der Waals surface area (Å²) in [6.07, 6.45) is 0.267. The number of carbonyl (C=O) groups is 1. The number of ketones is 1. The van der Waals surface area contributed by atoms with Crippen LogP contribution < -0.4 is 0 Å². The number of aromatic nitrogens is 1. The molecule has 0 amide bonds. The van der Waals surface area contributed by atoms with Gasteiger partial charge in [0.25, 0.3) is 0 Å². The van der Waals surface area contributed by atoms with Gasteiger partial charge in [0.2, 0.25) is 5.78 Å². The molecule has 2 aromatic rings. The lowest BCUT2D eigenvalue weighted by Crippen LogP contribution is -2.01. The molecule has 5 heteroatoms. The van der Waals surface area contributed by atoms with Crippen molar-refractivity contribution in [2.45, 2.75) is 20.3 Å². The van der Waals surface area contributed by atoms with Gasteiger partial charge in [-0.3, -0.25) is 4.79 Å². The molecule has 0 saturated heterocycles. The number of aryl methyl sites for hydroxylation is 2. The van der Waals surface area contributed by atoms with E-state index < -0.39 is 0 Å². The molecule has 0 fully saturated rings. The van der Waals surface area contributed by atoms with E-state index in [0.29, 0.717) is 0 Å². The predicted octanol–water partition coefficient (Wildman–Crippen LogP) is 3.43. The number of rotatable bonds is 3. The summed E-state index contributed by atoms with van der Waals surface area (Å²) in [5.74, 6) is 0.191. The van der Waals surface area contributed by atoms with Crippen molar-refractivity contribution < 1.29 is 9.21 Å². The minimum Gasteiger partial charge on any atom is -0.442 e. The van der Waals surface area contributed by atoms with Crippen molar-refractivity contribution in [1.29, 1.82) is 0 Å². The smallest absolute Gasteiger partial charge is 0.204 e. The quantitative estimate of drug-likeness (QED) is 0.789. The molecule has 0 N–H and O–H groups in total. The summed E-state index contributed by atoms with van der Waals surface area (Å²) in [6, 6.07) is 3.14. The van der Waals surface area contributed by atoms with E-state index >= 15 is 0 Å². The zero-order valence-electron chi connectivity index (χ0n) is 8.91. The number of nitrogens with zero attached hydrogens (tertiary/aromatic N) is 1. The van der Waals surface area contributed by atoms with Crippen LogP contribution in [0.4, 0.5) is 0 Å². The van der Waals surface area contributed by atoms with Gasteiger partial charge in [0.15, 0.2) is 11.0 Å². The van der Waals surface area contributed by atoms with Gasteiger partial charge in [-0.05, 0) is 37.6 Å². The Bertz CT molecular complexity index is 510. The Balaban J connectivity index is 2.13. The van der Waals surface area contributed by atoms with Gasteiger partial charge in [-0.2, -0.15) is 0 Å². The summed E-state index contributed by atoms with van der Waals surface area (Å²) in [5, 5.41) is 1.04. The van der Waals surface area contributed by atoms with E-state index in [9.17, 15) is 4.79 Å². The molecule has 3 nitrogen and oxygen atoms in total. The molecule has 0 aromatic carbocycles. The van der Waals surface area contributed by atoms with Crippen LogP contribution in [0.1, 0.15) is 26.1 Å². The maximum atomic E-state index is 11.8. The third-order valence-corrected chi connectivity index (χ3v) is 3.51. The summed E-state index contributed by atoms with van der Waals surface area (Å²) < 4.78 is 5.05. The van der Waals surface area contributed by atoms with Gasteiger partial charge in [0.05, 0.1) is 12.1 Å². The molecule has 0 aliphatic carbocycles. The van der Waals surface area contributed by atoms with E-state index in [4.69, 9.17) is 16.0 Å². The van der Waals surface area contributed by atoms with Crippen LogP contribution in [0.15, 0.2) is 16.5 Å². The second kappa shape index (κ2) is 4.39. The van der Waals surface area contributed by atoms with Crippen LogP contribution in [0.3, 0.4) is 0 Å². The third-order valence-electron chi connectivity index (χ3n) is 2.23. The molecule has 2 rings (SSSR count). The normalized spacial score (nSPS) is 10.7. The zero-order valence-corrected chi connectivity index (χ0v) is 10.5. The van der Waals surface area contributed by atoms with Crippen molar-refractivity contribution >= 4 is 28.7 Å². The number of Topliss-reactive ketones (excluding diaryl/α,β-unsaturated/α-hetero) is 1. The minimum absolute atomic E-state index is 0.0966. The van der Waals surface area contributed by atoms with Crippen LogP contribution >= 0.6 is 22.9 Å². The van der Waals surface area contributed by atoms with Crippen LogP contribution in [0.25, 0.3) is 0 Å². The van der Waals surface area contributed by atoms with Gasteiger partial charge in [0.1, 0.15) is 5.01 Å². The lowest BCUT2D eigenvalue weighted by atomic mass is 10.2. The lowest BCUT2D eigenvalue weighted by molar-refractivity contribution is 0.0966. The second-order valence-electron chi connectivity index (χ2n) is 3.45. The first-order valence-corrected chi connectivity index (χ1v) is 5.97. The highest BCUT2D eigenvalue weighted by molar-refractivity contribution is 7.11. The fourth-order valence-electron chi connectivity index (χ4n) is 1.30. The molecule has 0 radical (unpaired) electrons. The van der Waals surface area contributed by atoms with Gasteiger partial charge in [-0.15, -0.1) is 11.3 Å². The summed E-state index contributed by atoms with van der Waals surface area (Å²) in [4.78, 5) is 17.2. The molecule has 0 spiro atoms. The van der Waals surface area contributed by atoms with Crippen molar-refractivity contribution in [3.63, 3.8) is 0 Å². The van der Waals surface area contributed by atoms with Crippen molar-refractivity contribution in [3.05, 3.63) is 38.7 Å². The topological polar surface area (TPSA) is 43.1 Å². The van der Waals surface area contributed by atoms with E-state index in [0.717, 1.165) is 15.6 Å². The highest BCUT2D eigenvalue weighted by Crippen LogP contribution is 2.20. The van der Waals surface area contributed by atoms with Gasteiger partial charge < -0.3 is 4.42 Å². The Morgan fingerprint density at radius 2 is 2.25 bits per heavy atom. The Hall–Kier alpha value is -1.13. The molecule has 0 aliphatic rings. The summed E-state index contributed by atoms with van der Waals surface area (Å²) >= 11 is 7.14. The van der Waals surface area contributed by atoms with E-state index in [1.807, 2.05) is 13.8 Å². The Labute approximate surface area is 102 Å². The van der Waals surface area contributed by atoms with Gasteiger partial charge in [-0.1, -0.05) is 0 Å². The van der Waals surface area contributed by atoms with Gasteiger partial charge in [-0.25, -0.2) is 4.98 Å². The van der Waals surface area contributed by atoms with E-state index in [-0.39, 0.29) is 23.2 Å². The first kappa shape index (κ1) is 11.4. The summed E-state index contributed by atoms with van der Waals surface area (Å²) in [7, 11) is 0. The van der Waals surface area contributed by atoms with Crippen LogP contribution in [0.5, 0.6) is 0 Å². The number of hydrogen-bond acceptors (Lipinski definition) is 4. The van der Waals surface area contributed by atoms with Crippen molar-refractivity contribution in [2.75, 3.05) is 0 Å². The first-order valence-electron chi connectivity index (χ1n) is 4.77. The van der Waals surface area contributed by atoms with Crippen molar-refractivity contribution in [2.24, 2.45) is 0 Å². The third kappa shape index (κ3) is 2.33. The zero-order chi connectivity index (χ0) is 11.7. The molecule has 16 heavy (non-hydrogen) atoms. The molecular formula is C11H10ClNO2S. The highest BCUT2D eigenvalue weighted by Gasteiger charge is 2.14. The Morgan fingerprint density at radius 3 is 2.75 bits per heavy atom. The second-order valence-corrected chi connectivity index (χ2v) is 5.11. The molecule has 2 aromatic heterocycles. The van der Waals surface area contributed by atoms with Gasteiger partial charge >= 0.3 is 0 Å². The molecule has 84 valence electrons. The average molecular weight is 256 g/mol. The summed E-state index contributed by atoms with van der Waals surface area (Å²) in [6.45, 7) is 3.92. The lowest BCUT2D eigenvalue weighted by Gasteiger charge is -1.92. The van der Waals surface area contributed by atoms with Gasteiger partial charge in [0, 0.05) is 4.88 Å². The monoisotopic (exact) mass is 255 g/mol. The van der Waals surface area contributed by atoms with E-state index in [2.05, 4.69) is 4.98 Å². The fourth-order valence-corrected chi connectivity index (χ4v) is 2.38. The number of carbonyl (C=O) groups excluding carboxylic acids is 1. The highest BCUT2D eigenvalue weighted by atomic mass is 35.5. The maximum absolute atomic E-state index is 11.8. The molecule has 0 saturated carbocycles. The van der Waals surface area contributed by atoms with Crippen LogP contribution in [-0.2, 0) is 6.42 Å². The van der Waals surface area contributed by atoms with Crippen LogP contribution in [-0.4, -0.2) is 10.8 Å². The number of hydrogen-bond donors (Lipinski definition) is 0. The fraction of sp³-hybridized carbons (Fsp3) is 0.273. The SMILES string of the molecule is Cc1nc(CC(=O)c2ccc(Cl)o2)sc1C. The molecule has 0 bridgehead atoms.